The number of anilines is 1. The van der Waals surface area contributed by atoms with Crippen molar-refractivity contribution in [1.82, 2.24) is 9.97 Å². The predicted molar refractivity (Wildman–Crippen MR) is 79.7 cm³/mol. The Morgan fingerprint density at radius 3 is 2.70 bits per heavy atom. The van der Waals surface area contributed by atoms with E-state index < -0.39 is 0 Å². The summed E-state index contributed by atoms with van der Waals surface area (Å²) in [5, 5.41) is 4.43. The Hall–Kier alpha value is -2.23. The van der Waals surface area contributed by atoms with Crippen LogP contribution in [0.4, 0.5) is 5.95 Å². The largest absolute Gasteiger partial charge is 0.320 e. The molecule has 0 fully saturated rings. The van der Waals surface area contributed by atoms with Crippen molar-refractivity contribution in [2.45, 2.75) is 13.8 Å². The molecule has 0 aromatic carbocycles. The smallest absolute Gasteiger partial charge is 0.258 e. The molecule has 102 valence electrons. The second-order valence-electron chi connectivity index (χ2n) is 4.13. The van der Waals surface area contributed by atoms with Gasteiger partial charge in [0, 0.05) is 16.8 Å². The Morgan fingerprint density at radius 1 is 1.35 bits per heavy atom. The number of nitrogens with one attached hydrogen (secondary N) is 1. The van der Waals surface area contributed by atoms with Crippen molar-refractivity contribution in [3.05, 3.63) is 39.3 Å². The number of aromatic nitrogens is 2. The monoisotopic (exact) mass is 286 g/mol. The summed E-state index contributed by atoms with van der Waals surface area (Å²) in [6.45, 7) is 4.01. The Kier molecular flexibility index (Phi) is 4.45. The topological polar surface area (TPSA) is 80.9 Å². The van der Waals surface area contributed by atoms with Gasteiger partial charge in [-0.1, -0.05) is 11.8 Å². The highest BCUT2D eigenvalue weighted by Crippen LogP contribution is 2.15. The summed E-state index contributed by atoms with van der Waals surface area (Å²) in [4.78, 5) is 21.2. The van der Waals surface area contributed by atoms with Gasteiger partial charge in [0.2, 0.25) is 5.95 Å². The van der Waals surface area contributed by atoms with Crippen molar-refractivity contribution in [3.63, 3.8) is 0 Å². The summed E-state index contributed by atoms with van der Waals surface area (Å²) in [5.41, 5.74) is 7.47. The molecule has 3 N–H and O–H groups in total. The molecule has 6 heteroatoms. The normalized spacial score (nSPS) is 9.75. The third-order valence-electron chi connectivity index (χ3n) is 2.38. The van der Waals surface area contributed by atoms with Crippen LogP contribution in [0.15, 0.2) is 17.5 Å². The van der Waals surface area contributed by atoms with Crippen molar-refractivity contribution in [1.29, 1.82) is 0 Å². The maximum Gasteiger partial charge on any atom is 0.258 e. The predicted octanol–water partition coefficient (Wildman–Crippen LogP) is 1.72. The first-order valence-corrected chi connectivity index (χ1v) is 6.87. The fourth-order valence-electron chi connectivity index (χ4n) is 1.61. The van der Waals surface area contributed by atoms with Crippen LogP contribution in [0.2, 0.25) is 0 Å². The number of hydrogen-bond acceptors (Lipinski definition) is 5. The van der Waals surface area contributed by atoms with Crippen LogP contribution in [0.3, 0.4) is 0 Å². The van der Waals surface area contributed by atoms with Crippen LogP contribution in [0.25, 0.3) is 0 Å². The average molecular weight is 286 g/mol. The van der Waals surface area contributed by atoms with Crippen LogP contribution in [0.1, 0.15) is 26.6 Å². The Morgan fingerprint density at radius 2 is 2.05 bits per heavy atom. The van der Waals surface area contributed by atoms with E-state index in [1.807, 2.05) is 19.9 Å². The maximum absolute atomic E-state index is 12.1. The minimum Gasteiger partial charge on any atom is -0.320 e. The van der Waals surface area contributed by atoms with Crippen LogP contribution in [-0.4, -0.2) is 22.4 Å². The number of nitrogens with two attached hydrogens (primary N) is 1. The lowest BCUT2D eigenvalue weighted by molar-refractivity contribution is 0.102. The van der Waals surface area contributed by atoms with Crippen molar-refractivity contribution >= 4 is 23.2 Å². The third-order valence-corrected chi connectivity index (χ3v) is 3.23. The van der Waals surface area contributed by atoms with Gasteiger partial charge < -0.3 is 5.73 Å². The lowest BCUT2D eigenvalue weighted by Crippen LogP contribution is -2.14. The summed E-state index contributed by atoms with van der Waals surface area (Å²) >= 11 is 1.40. The Labute approximate surface area is 121 Å². The molecule has 2 heterocycles. The summed E-state index contributed by atoms with van der Waals surface area (Å²) in [6, 6.07) is 3.58. The summed E-state index contributed by atoms with van der Waals surface area (Å²) in [7, 11) is 0. The number of rotatable bonds is 2. The molecule has 2 rings (SSSR count). The van der Waals surface area contributed by atoms with Crippen LogP contribution in [0.5, 0.6) is 0 Å². The number of aryl methyl sites for hydroxylation is 2. The van der Waals surface area contributed by atoms with E-state index in [0.29, 0.717) is 18.1 Å². The van der Waals surface area contributed by atoms with Crippen molar-refractivity contribution in [2.24, 2.45) is 5.73 Å². The molecule has 2 aromatic heterocycles. The van der Waals surface area contributed by atoms with Gasteiger partial charge in [0.25, 0.3) is 5.91 Å². The van der Waals surface area contributed by atoms with Crippen molar-refractivity contribution in [2.75, 3.05) is 11.9 Å². The first kappa shape index (κ1) is 14.2. The second kappa shape index (κ2) is 6.28. The zero-order chi connectivity index (χ0) is 14.5. The van der Waals surface area contributed by atoms with E-state index >= 15 is 0 Å². The summed E-state index contributed by atoms with van der Waals surface area (Å²) in [6.07, 6.45) is 0. The average Bonchev–Trinajstić information content (AvgIpc) is 2.83. The fourth-order valence-corrected chi connectivity index (χ4v) is 2.37. The molecule has 2 aromatic rings. The Bertz CT molecular complexity index is 676. The highest BCUT2D eigenvalue weighted by atomic mass is 32.1. The molecular weight excluding hydrogens is 272 g/mol. The molecule has 0 aliphatic carbocycles. The molecule has 0 radical (unpaired) electrons. The number of nitrogens with zero attached hydrogens (tertiary/aromatic N) is 2. The van der Waals surface area contributed by atoms with Gasteiger partial charge in [-0.15, -0.1) is 11.3 Å². The van der Waals surface area contributed by atoms with E-state index in [1.165, 1.54) is 11.3 Å². The molecule has 0 saturated heterocycles. The van der Waals surface area contributed by atoms with Crippen molar-refractivity contribution < 1.29 is 4.79 Å². The number of thiophene rings is 1. The number of carbonyl (C=O) groups is 1. The molecule has 0 saturated carbocycles. The van der Waals surface area contributed by atoms with Crippen molar-refractivity contribution in [3.8, 4) is 11.8 Å². The van der Waals surface area contributed by atoms with Crippen LogP contribution < -0.4 is 11.1 Å². The van der Waals surface area contributed by atoms with Gasteiger partial charge >= 0.3 is 0 Å². The SMILES string of the molecule is Cc1cc(C)nc(NC(=O)c2csc(C#CCN)c2)n1. The van der Waals surface area contributed by atoms with E-state index in [-0.39, 0.29) is 5.91 Å². The molecule has 0 atom stereocenters. The fraction of sp³-hybridized carbons (Fsp3) is 0.214. The van der Waals surface area contributed by atoms with E-state index in [2.05, 4.69) is 27.1 Å². The molecule has 0 unspecified atom stereocenters. The van der Waals surface area contributed by atoms with Gasteiger partial charge in [0.15, 0.2) is 0 Å². The Balaban J connectivity index is 2.13. The highest BCUT2D eigenvalue weighted by Gasteiger charge is 2.10. The summed E-state index contributed by atoms with van der Waals surface area (Å²) in [5.74, 6) is 5.72. The minimum atomic E-state index is -0.243. The first-order valence-electron chi connectivity index (χ1n) is 5.99. The number of carbonyl (C=O) groups excluding carboxylic acids is 1. The van der Waals surface area contributed by atoms with E-state index in [0.717, 1.165) is 16.3 Å². The van der Waals surface area contributed by atoms with Gasteiger partial charge in [-0.3, -0.25) is 10.1 Å². The van der Waals surface area contributed by atoms with E-state index in [4.69, 9.17) is 5.73 Å². The minimum absolute atomic E-state index is 0.243. The van der Waals surface area contributed by atoms with Gasteiger partial charge in [-0.2, -0.15) is 0 Å². The lowest BCUT2D eigenvalue weighted by atomic mass is 10.3. The zero-order valence-electron chi connectivity index (χ0n) is 11.2. The first-order chi connectivity index (χ1) is 9.58. The molecule has 0 spiro atoms. The number of amides is 1. The van der Waals surface area contributed by atoms with Gasteiger partial charge in [-0.25, -0.2) is 9.97 Å². The molecule has 0 aliphatic heterocycles. The zero-order valence-corrected chi connectivity index (χ0v) is 12.0. The van der Waals surface area contributed by atoms with Crippen LogP contribution >= 0.6 is 11.3 Å². The lowest BCUT2D eigenvalue weighted by Gasteiger charge is -2.04. The highest BCUT2D eigenvalue weighted by molar-refractivity contribution is 7.10. The van der Waals surface area contributed by atoms with Gasteiger partial charge in [-0.05, 0) is 26.0 Å². The molecule has 1 amide bonds. The van der Waals surface area contributed by atoms with Crippen LogP contribution in [0, 0.1) is 25.7 Å². The second-order valence-corrected chi connectivity index (χ2v) is 5.05. The van der Waals surface area contributed by atoms with E-state index in [1.54, 1.807) is 11.4 Å². The van der Waals surface area contributed by atoms with Gasteiger partial charge in [0.05, 0.1) is 17.0 Å². The molecular formula is C14H14N4OS. The molecule has 0 aliphatic rings. The maximum atomic E-state index is 12.1. The molecule has 5 nitrogen and oxygen atoms in total. The molecule has 0 bridgehead atoms. The van der Waals surface area contributed by atoms with Crippen LogP contribution in [-0.2, 0) is 0 Å². The standard InChI is InChI=1S/C14H14N4OS/c1-9-6-10(2)17-14(16-9)18-13(19)11-7-12(20-8-11)4-3-5-15/h6-8H,5,15H2,1-2H3,(H,16,17,18,19). The van der Waals surface area contributed by atoms with E-state index in [9.17, 15) is 4.79 Å². The third kappa shape index (κ3) is 3.63. The summed E-state index contributed by atoms with van der Waals surface area (Å²) < 4.78 is 0. The molecule has 20 heavy (non-hydrogen) atoms. The quantitative estimate of drug-likeness (QED) is 0.824. The number of hydrogen-bond donors (Lipinski definition) is 2. The van der Waals surface area contributed by atoms with Gasteiger partial charge in [0.1, 0.15) is 0 Å².